The Morgan fingerprint density at radius 3 is 3.00 bits per heavy atom. The maximum atomic E-state index is 14.9. The van der Waals surface area contributed by atoms with Crippen molar-refractivity contribution < 1.29 is 4.39 Å². The van der Waals surface area contributed by atoms with E-state index in [0.29, 0.717) is 23.0 Å². The standard InChI is InChI=1S/C18H19FN4OS/c1-10-8-22(5-4-20-10)14-6-15-16(11-2-3-11)17-12(7-21-25-17)18(24)23(15)9-13(14)19/h6-7,9-11,20H,2-5,8H2,1H3. The quantitative estimate of drug-likeness (QED) is 0.765. The molecule has 1 unspecified atom stereocenters. The highest BCUT2D eigenvalue weighted by Gasteiger charge is 2.30. The van der Waals surface area contributed by atoms with Crippen LogP contribution in [0.25, 0.3) is 15.6 Å². The number of pyridine rings is 2. The van der Waals surface area contributed by atoms with Crippen molar-refractivity contribution in [1.82, 2.24) is 14.1 Å². The first-order valence-electron chi connectivity index (χ1n) is 8.74. The van der Waals surface area contributed by atoms with Gasteiger partial charge >= 0.3 is 0 Å². The predicted octanol–water partition coefficient (Wildman–Crippen LogP) is 2.72. The van der Waals surface area contributed by atoms with Crippen molar-refractivity contribution in [1.29, 1.82) is 0 Å². The summed E-state index contributed by atoms with van der Waals surface area (Å²) in [4.78, 5) is 14.9. The second-order valence-electron chi connectivity index (χ2n) is 7.12. The maximum absolute atomic E-state index is 14.9. The summed E-state index contributed by atoms with van der Waals surface area (Å²) in [6.07, 6.45) is 5.23. The molecule has 2 fully saturated rings. The Bertz CT molecular complexity index is 1040. The Morgan fingerprint density at radius 1 is 1.40 bits per heavy atom. The van der Waals surface area contributed by atoms with Gasteiger partial charge in [-0.25, -0.2) is 4.39 Å². The number of halogens is 1. The number of nitrogens with one attached hydrogen (secondary N) is 1. The fourth-order valence-corrected chi connectivity index (χ4v) is 4.76. The van der Waals surface area contributed by atoms with E-state index in [1.165, 1.54) is 27.7 Å². The van der Waals surface area contributed by atoms with Crippen molar-refractivity contribution in [3.63, 3.8) is 0 Å². The molecule has 4 heterocycles. The summed E-state index contributed by atoms with van der Waals surface area (Å²) in [5, 5.41) is 3.99. The van der Waals surface area contributed by atoms with Gasteiger partial charge in [-0.3, -0.25) is 9.20 Å². The number of nitrogens with zero attached hydrogens (tertiary/aromatic N) is 3. The van der Waals surface area contributed by atoms with Gasteiger partial charge in [0.05, 0.1) is 33.7 Å². The van der Waals surface area contributed by atoms with Gasteiger partial charge < -0.3 is 10.2 Å². The van der Waals surface area contributed by atoms with Crippen molar-refractivity contribution in [2.75, 3.05) is 24.5 Å². The van der Waals surface area contributed by atoms with Crippen LogP contribution >= 0.6 is 11.5 Å². The molecule has 3 aromatic heterocycles. The predicted molar refractivity (Wildman–Crippen MR) is 98.5 cm³/mol. The number of hydrogen-bond donors (Lipinski definition) is 1. The molecule has 1 aliphatic heterocycles. The molecule has 0 bridgehead atoms. The third-order valence-corrected chi connectivity index (χ3v) is 6.09. The van der Waals surface area contributed by atoms with Gasteiger partial charge in [0.2, 0.25) is 0 Å². The highest BCUT2D eigenvalue weighted by Crippen LogP contribution is 2.46. The van der Waals surface area contributed by atoms with E-state index in [1.807, 2.05) is 6.07 Å². The summed E-state index contributed by atoms with van der Waals surface area (Å²) in [7, 11) is 0. The smallest absolute Gasteiger partial charge is 0.265 e. The van der Waals surface area contributed by atoms with Gasteiger partial charge in [-0.1, -0.05) is 0 Å². The molecule has 0 spiro atoms. The Hall–Kier alpha value is -1.99. The Kier molecular flexibility index (Phi) is 3.36. The summed E-state index contributed by atoms with van der Waals surface area (Å²) >= 11 is 1.38. The molecule has 1 aliphatic carbocycles. The molecule has 1 N–H and O–H groups in total. The van der Waals surface area contributed by atoms with Crippen LogP contribution in [0.3, 0.4) is 0 Å². The number of rotatable bonds is 2. The molecule has 5 rings (SSSR count). The van der Waals surface area contributed by atoms with Crippen LogP contribution in [0.4, 0.5) is 10.1 Å². The lowest BCUT2D eigenvalue weighted by molar-refractivity contribution is 0.478. The molecule has 25 heavy (non-hydrogen) atoms. The number of piperazine rings is 1. The van der Waals surface area contributed by atoms with Gasteiger partial charge in [-0.2, -0.15) is 4.37 Å². The van der Waals surface area contributed by atoms with Gasteiger partial charge in [0.25, 0.3) is 5.56 Å². The van der Waals surface area contributed by atoms with Crippen LogP contribution in [0, 0.1) is 5.82 Å². The lowest BCUT2D eigenvalue weighted by Gasteiger charge is -2.34. The van der Waals surface area contributed by atoms with Gasteiger partial charge in [0.1, 0.15) is 0 Å². The molecule has 2 aliphatic rings. The summed E-state index contributed by atoms with van der Waals surface area (Å²) < 4.78 is 21.5. The molecule has 0 aromatic carbocycles. The fourth-order valence-electron chi connectivity index (χ4n) is 3.88. The molecule has 0 radical (unpaired) electrons. The third kappa shape index (κ3) is 2.37. The van der Waals surface area contributed by atoms with E-state index < -0.39 is 0 Å². The molecule has 1 saturated carbocycles. The monoisotopic (exact) mass is 358 g/mol. The first kappa shape index (κ1) is 15.3. The van der Waals surface area contributed by atoms with Gasteiger partial charge in [0.15, 0.2) is 5.82 Å². The minimum absolute atomic E-state index is 0.178. The lowest BCUT2D eigenvalue weighted by atomic mass is 10.1. The Morgan fingerprint density at radius 2 is 2.24 bits per heavy atom. The van der Waals surface area contributed by atoms with Crippen LogP contribution in [0.15, 0.2) is 23.3 Å². The number of aromatic nitrogens is 2. The van der Waals surface area contributed by atoms with Crippen LogP contribution in [0.1, 0.15) is 31.2 Å². The molecular weight excluding hydrogens is 339 g/mol. The van der Waals surface area contributed by atoms with Crippen molar-refractivity contribution in [3.05, 3.63) is 40.2 Å². The SMILES string of the molecule is CC1CN(c2cc3c(C4CC4)c4sncc4c(=O)n3cc2F)CCN1. The summed E-state index contributed by atoms with van der Waals surface area (Å²) in [6.45, 7) is 4.47. The second kappa shape index (κ2) is 5.51. The van der Waals surface area contributed by atoms with E-state index in [1.54, 1.807) is 6.20 Å². The highest BCUT2D eigenvalue weighted by atomic mass is 32.1. The minimum Gasteiger partial charge on any atom is -0.366 e. The average molecular weight is 358 g/mol. The lowest BCUT2D eigenvalue weighted by Crippen LogP contribution is -2.49. The molecule has 1 atom stereocenters. The van der Waals surface area contributed by atoms with Crippen LogP contribution in [-0.2, 0) is 0 Å². The molecule has 3 aromatic rings. The van der Waals surface area contributed by atoms with Gasteiger partial charge in [0, 0.05) is 25.7 Å². The first-order valence-corrected chi connectivity index (χ1v) is 9.51. The van der Waals surface area contributed by atoms with Crippen molar-refractivity contribution in [2.45, 2.75) is 31.7 Å². The highest BCUT2D eigenvalue weighted by molar-refractivity contribution is 7.13. The molecule has 7 heteroatoms. The van der Waals surface area contributed by atoms with Crippen LogP contribution in [-0.4, -0.2) is 34.5 Å². The summed E-state index contributed by atoms with van der Waals surface area (Å²) in [5.74, 6) is 0.117. The van der Waals surface area contributed by atoms with Gasteiger partial charge in [-0.15, -0.1) is 0 Å². The van der Waals surface area contributed by atoms with Crippen molar-refractivity contribution >= 4 is 32.8 Å². The zero-order valence-corrected chi connectivity index (χ0v) is 14.8. The zero-order chi connectivity index (χ0) is 17.1. The average Bonchev–Trinajstić information content (AvgIpc) is 3.31. The molecule has 130 valence electrons. The second-order valence-corrected chi connectivity index (χ2v) is 7.93. The Balaban J connectivity index is 1.79. The molecule has 5 nitrogen and oxygen atoms in total. The molecular formula is C18H19FN4OS. The van der Waals surface area contributed by atoms with Crippen LogP contribution in [0.2, 0.25) is 0 Å². The van der Waals surface area contributed by atoms with Gasteiger partial charge in [-0.05, 0) is 48.8 Å². The topological polar surface area (TPSA) is 49.6 Å². The number of hydrogen-bond acceptors (Lipinski definition) is 5. The first-order chi connectivity index (χ1) is 12.1. The maximum Gasteiger partial charge on any atom is 0.265 e. The summed E-state index contributed by atoms with van der Waals surface area (Å²) in [6, 6.07) is 2.19. The molecule has 1 saturated heterocycles. The van der Waals surface area contributed by atoms with E-state index >= 15 is 0 Å². The minimum atomic E-state index is -0.340. The molecule has 0 amide bonds. The number of anilines is 1. The van der Waals surface area contributed by atoms with Crippen molar-refractivity contribution in [3.8, 4) is 0 Å². The van der Waals surface area contributed by atoms with Crippen molar-refractivity contribution in [2.24, 2.45) is 0 Å². The third-order valence-electron chi connectivity index (χ3n) is 5.26. The van der Waals surface area contributed by atoms with E-state index in [-0.39, 0.29) is 11.4 Å². The largest absolute Gasteiger partial charge is 0.366 e. The van der Waals surface area contributed by atoms with E-state index in [4.69, 9.17) is 0 Å². The van der Waals surface area contributed by atoms with Crippen LogP contribution in [0.5, 0.6) is 0 Å². The fraction of sp³-hybridized carbons (Fsp3) is 0.444. The Labute approximate surface area is 148 Å². The normalized spacial score (nSPS) is 21.4. The van der Waals surface area contributed by atoms with E-state index in [2.05, 4.69) is 21.5 Å². The summed E-state index contributed by atoms with van der Waals surface area (Å²) in [5.41, 5.74) is 2.43. The van der Waals surface area contributed by atoms with E-state index in [9.17, 15) is 9.18 Å². The number of fused-ring (bicyclic) bond motifs is 2. The van der Waals surface area contributed by atoms with Crippen LogP contribution < -0.4 is 15.8 Å². The van der Waals surface area contributed by atoms with E-state index in [0.717, 1.165) is 42.7 Å². The zero-order valence-electron chi connectivity index (χ0n) is 14.0.